The lowest BCUT2D eigenvalue weighted by Crippen LogP contribution is -2.05. The van der Waals surface area contributed by atoms with Gasteiger partial charge < -0.3 is 9.47 Å². The Kier molecular flexibility index (Phi) is 4.87. The first-order valence-corrected chi connectivity index (χ1v) is 6.82. The molecule has 1 unspecified atom stereocenters. The topological polar surface area (TPSA) is 61.3 Å². The SMILES string of the molecule is CCC(C)c1ccc(Oc2cncc(C(=O)OC)n2)cc1. The highest BCUT2D eigenvalue weighted by atomic mass is 16.5. The highest BCUT2D eigenvalue weighted by Gasteiger charge is 2.10. The van der Waals surface area contributed by atoms with Gasteiger partial charge in [0.15, 0.2) is 5.69 Å². The fraction of sp³-hybridized carbons (Fsp3) is 0.312. The van der Waals surface area contributed by atoms with Crippen LogP contribution in [0.25, 0.3) is 0 Å². The summed E-state index contributed by atoms with van der Waals surface area (Å²) in [6.07, 6.45) is 3.88. The van der Waals surface area contributed by atoms with Gasteiger partial charge in [0, 0.05) is 0 Å². The summed E-state index contributed by atoms with van der Waals surface area (Å²) < 4.78 is 10.2. The molecule has 0 amide bonds. The summed E-state index contributed by atoms with van der Waals surface area (Å²) in [6, 6.07) is 7.82. The Morgan fingerprint density at radius 3 is 2.57 bits per heavy atom. The quantitative estimate of drug-likeness (QED) is 0.786. The first-order chi connectivity index (χ1) is 10.1. The minimum absolute atomic E-state index is 0.117. The second kappa shape index (κ2) is 6.83. The molecular weight excluding hydrogens is 268 g/mol. The molecule has 1 atom stereocenters. The number of hydrogen-bond acceptors (Lipinski definition) is 5. The molecule has 5 heteroatoms. The number of carbonyl (C=O) groups is 1. The summed E-state index contributed by atoms with van der Waals surface area (Å²) in [6.45, 7) is 4.34. The summed E-state index contributed by atoms with van der Waals surface area (Å²) in [5.74, 6) is 0.883. The number of benzene rings is 1. The Hall–Kier alpha value is -2.43. The summed E-state index contributed by atoms with van der Waals surface area (Å²) in [5.41, 5.74) is 1.38. The van der Waals surface area contributed by atoms with Gasteiger partial charge in [0.25, 0.3) is 0 Å². The first-order valence-electron chi connectivity index (χ1n) is 6.82. The largest absolute Gasteiger partial charge is 0.464 e. The average Bonchev–Trinajstić information content (AvgIpc) is 2.54. The van der Waals surface area contributed by atoms with Crippen molar-refractivity contribution in [2.75, 3.05) is 7.11 Å². The van der Waals surface area contributed by atoms with Gasteiger partial charge in [-0.05, 0) is 30.0 Å². The van der Waals surface area contributed by atoms with Gasteiger partial charge in [-0.2, -0.15) is 0 Å². The van der Waals surface area contributed by atoms with Crippen molar-refractivity contribution in [3.05, 3.63) is 47.9 Å². The molecule has 110 valence electrons. The predicted molar refractivity (Wildman–Crippen MR) is 78.6 cm³/mol. The van der Waals surface area contributed by atoms with Crippen molar-refractivity contribution in [2.45, 2.75) is 26.2 Å². The molecule has 0 spiro atoms. The van der Waals surface area contributed by atoms with Crippen molar-refractivity contribution < 1.29 is 14.3 Å². The Balaban J connectivity index is 2.13. The van der Waals surface area contributed by atoms with Crippen molar-refractivity contribution in [3.8, 4) is 11.6 Å². The molecule has 1 heterocycles. The number of aromatic nitrogens is 2. The summed E-state index contributed by atoms with van der Waals surface area (Å²) in [7, 11) is 1.30. The van der Waals surface area contributed by atoms with Crippen LogP contribution in [0.1, 0.15) is 42.2 Å². The van der Waals surface area contributed by atoms with E-state index in [-0.39, 0.29) is 11.6 Å². The zero-order valence-corrected chi connectivity index (χ0v) is 12.4. The third kappa shape index (κ3) is 3.78. The van der Waals surface area contributed by atoms with E-state index in [4.69, 9.17) is 4.74 Å². The molecule has 2 rings (SSSR count). The minimum Gasteiger partial charge on any atom is -0.464 e. The van der Waals surface area contributed by atoms with Gasteiger partial charge >= 0.3 is 5.97 Å². The van der Waals surface area contributed by atoms with Crippen LogP contribution in [0.4, 0.5) is 0 Å². The van der Waals surface area contributed by atoms with E-state index in [0.29, 0.717) is 11.7 Å². The highest BCUT2D eigenvalue weighted by molar-refractivity contribution is 5.86. The van der Waals surface area contributed by atoms with Crippen LogP contribution in [-0.2, 0) is 4.74 Å². The third-order valence-electron chi connectivity index (χ3n) is 3.29. The fourth-order valence-electron chi connectivity index (χ4n) is 1.82. The molecule has 5 nitrogen and oxygen atoms in total. The zero-order valence-electron chi connectivity index (χ0n) is 12.4. The van der Waals surface area contributed by atoms with Crippen LogP contribution in [0.15, 0.2) is 36.7 Å². The minimum atomic E-state index is -0.542. The fourth-order valence-corrected chi connectivity index (χ4v) is 1.82. The van der Waals surface area contributed by atoms with Gasteiger partial charge in [0.2, 0.25) is 5.88 Å². The number of rotatable bonds is 5. The van der Waals surface area contributed by atoms with Crippen molar-refractivity contribution >= 4 is 5.97 Å². The van der Waals surface area contributed by atoms with E-state index in [1.165, 1.54) is 25.1 Å². The zero-order chi connectivity index (χ0) is 15.2. The third-order valence-corrected chi connectivity index (χ3v) is 3.29. The van der Waals surface area contributed by atoms with E-state index >= 15 is 0 Å². The van der Waals surface area contributed by atoms with Gasteiger partial charge in [0.1, 0.15) is 5.75 Å². The molecule has 0 saturated heterocycles. The Morgan fingerprint density at radius 1 is 1.24 bits per heavy atom. The first kappa shape index (κ1) is 15.0. The number of esters is 1. The maximum absolute atomic E-state index is 11.4. The average molecular weight is 286 g/mol. The molecular formula is C16H18N2O3. The number of methoxy groups -OCH3 is 1. The normalized spacial score (nSPS) is 11.8. The maximum Gasteiger partial charge on any atom is 0.358 e. The molecule has 0 fully saturated rings. The lowest BCUT2D eigenvalue weighted by Gasteiger charge is -2.10. The van der Waals surface area contributed by atoms with Crippen molar-refractivity contribution in [2.24, 2.45) is 0 Å². The Morgan fingerprint density at radius 2 is 1.95 bits per heavy atom. The van der Waals surface area contributed by atoms with E-state index in [0.717, 1.165) is 6.42 Å². The van der Waals surface area contributed by atoms with E-state index in [9.17, 15) is 4.79 Å². The van der Waals surface area contributed by atoms with Crippen molar-refractivity contribution in [1.82, 2.24) is 9.97 Å². The van der Waals surface area contributed by atoms with Crippen molar-refractivity contribution in [1.29, 1.82) is 0 Å². The second-order valence-corrected chi connectivity index (χ2v) is 4.71. The van der Waals surface area contributed by atoms with Gasteiger partial charge in [-0.1, -0.05) is 26.0 Å². The monoisotopic (exact) mass is 286 g/mol. The number of nitrogens with zero attached hydrogens (tertiary/aromatic N) is 2. The van der Waals surface area contributed by atoms with Gasteiger partial charge in [-0.15, -0.1) is 0 Å². The highest BCUT2D eigenvalue weighted by Crippen LogP contribution is 2.24. The standard InChI is InChI=1S/C16H18N2O3/c1-4-11(2)12-5-7-13(8-6-12)21-15-10-17-9-14(18-15)16(19)20-3/h5-11H,4H2,1-3H3. The Labute approximate surface area is 124 Å². The molecule has 0 saturated carbocycles. The number of hydrogen-bond donors (Lipinski definition) is 0. The van der Waals surface area contributed by atoms with E-state index in [1.54, 1.807) is 0 Å². The number of carbonyl (C=O) groups excluding carboxylic acids is 1. The predicted octanol–water partition coefficient (Wildman–Crippen LogP) is 3.57. The van der Waals surface area contributed by atoms with Crippen molar-refractivity contribution in [3.63, 3.8) is 0 Å². The van der Waals surface area contributed by atoms with Crippen LogP contribution in [0.3, 0.4) is 0 Å². The van der Waals surface area contributed by atoms with Crippen LogP contribution in [0.5, 0.6) is 11.6 Å². The molecule has 2 aromatic rings. The summed E-state index contributed by atoms with van der Waals surface area (Å²) in [5, 5.41) is 0. The lowest BCUT2D eigenvalue weighted by atomic mass is 9.99. The van der Waals surface area contributed by atoms with Gasteiger partial charge in [-0.25, -0.2) is 9.78 Å². The molecule has 21 heavy (non-hydrogen) atoms. The van der Waals surface area contributed by atoms with E-state index < -0.39 is 5.97 Å². The molecule has 0 aliphatic heterocycles. The molecule has 0 N–H and O–H groups in total. The second-order valence-electron chi connectivity index (χ2n) is 4.71. The van der Waals surface area contributed by atoms with E-state index in [2.05, 4.69) is 28.6 Å². The van der Waals surface area contributed by atoms with Crippen LogP contribution >= 0.6 is 0 Å². The molecule has 0 radical (unpaired) electrons. The smallest absolute Gasteiger partial charge is 0.358 e. The van der Waals surface area contributed by atoms with Crippen LogP contribution in [0.2, 0.25) is 0 Å². The molecule has 0 bridgehead atoms. The lowest BCUT2D eigenvalue weighted by molar-refractivity contribution is 0.0592. The molecule has 1 aromatic carbocycles. The van der Waals surface area contributed by atoms with Gasteiger partial charge in [0.05, 0.1) is 19.5 Å². The van der Waals surface area contributed by atoms with E-state index in [1.807, 2.05) is 24.3 Å². The molecule has 0 aliphatic rings. The van der Waals surface area contributed by atoms with Crippen LogP contribution in [-0.4, -0.2) is 23.0 Å². The van der Waals surface area contributed by atoms with Crippen LogP contribution < -0.4 is 4.74 Å². The summed E-state index contributed by atoms with van der Waals surface area (Å²) in [4.78, 5) is 19.4. The maximum atomic E-state index is 11.4. The van der Waals surface area contributed by atoms with Crippen LogP contribution in [0, 0.1) is 0 Å². The molecule has 0 aliphatic carbocycles. The summed E-state index contributed by atoms with van der Waals surface area (Å²) >= 11 is 0. The Bertz CT molecular complexity index is 611. The molecule has 1 aromatic heterocycles. The van der Waals surface area contributed by atoms with Gasteiger partial charge in [-0.3, -0.25) is 4.98 Å². The number of ether oxygens (including phenoxy) is 2.